The number of carbonyl (C=O) groups excluding carboxylic acids is 1. The standard InChI is InChI=1S/C5H6O4/c1-7-5-2-4(6)8-3-9-5/h2H,3H2,1H3. The molecule has 0 aromatic heterocycles. The molecule has 0 spiro atoms. The average molecular weight is 130 g/mol. The van der Waals surface area contributed by atoms with Crippen LogP contribution in [0.3, 0.4) is 0 Å². The molecular weight excluding hydrogens is 124 g/mol. The van der Waals surface area contributed by atoms with Crippen molar-refractivity contribution in [3.05, 3.63) is 12.0 Å². The van der Waals surface area contributed by atoms with E-state index in [2.05, 4.69) is 9.47 Å². The van der Waals surface area contributed by atoms with Crippen LogP contribution in [-0.2, 0) is 19.0 Å². The Balaban J connectivity index is 2.59. The molecule has 0 radical (unpaired) electrons. The van der Waals surface area contributed by atoms with Crippen molar-refractivity contribution >= 4 is 5.97 Å². The van der Waals surface area contributed by atoms with E-state index in [1.165, 1.54) is 7.11 Å². The minimum atomic E-state index is -0.432. The van der Waals surface area contributed by atoms with E-state index in [-0.39, 0.29) is 12.7 Å². The third kappa shape index (κ3) is 1.35. The maximum atomic E-state index is 10.4. The van der Waals surface area contributed by atoms with Crippen LogP contribution in [0.5, 0.6) is 0 Å². The summed E-state index contributed by atoms with van der Waals surface area (Å²) in [6.07, 6.45) is 1.14. The first-order valence-electron chi connectivity index (χ1n) is 2.38. The first-order chi connectivity index (χ1) is 4.33. The van der Waals surface area contributed by atoms with Crippen molar-refractivity contribution in [3.8, 4) is 0 Å². The van der Waals surface area contributed by atoms with Gasteiger partial charge in [0.2, 0.25) is 6.79 Å². The predicted octanol–water partition coefficient (Wildman–Crippen LogP) is 0.00510. The molecule has 0 aromatic carbocycles. The highest BCUT2D eigenvalue weighted by molar-refractivity contribution is 5.82. The zero-order valence-corrected chi connectivity index (χ0v) is 4.92. The number of cyclic esters (lactones) is 1. The van der Waals surface area contributed by atoms with Gasteiger partial charge in [0.05, 0.1) is 7.11 Å². The molecule has 0 saturated carbocycles. The maximum Gasteiger partial charge on any atom is 0.340 e. The smallest absolute Gasteiger partial charge is 0.340 e. The van der Waals surface area contributed by atoms with Gasteiger partial charge in [0.15, 0.2) is 0 Å². The molecule has 9 heavy (non-hydrogen) atoms. The molecule has 0 unspecified atom stereocenters. The summed E-state index contributed by atoms with van der Waals surface area (Å²) in [5.74, 6) is -0.232. The normalized spacial score (nSPS) is 17.4. The second-order valence-electron chi connectivity index (χ2n) is 1.39. The summed E-state index contributed by atoms with van der Waals surface area (Å²) in [6, 6.07) is 0. The second-order valence-corrected chi connectivity index (χ2v) is 1.39. The molecule has 0 saturated heterocycles. The van der Waals surface area contributed by atoms with Crippen molar-refractivity contribution in [1.29, 1.82) is 0 Å². The molecule has 1 aliphatic rings. The van der Waals surface area contributed by atoms with Crippen molar-refractivity contribution in [1.82, 2.24) is 0 Å². The zero-order chi connectivity index (χ0) is 6.69. The van der Waals surface area contributed by atoms with Crippen LogP contribution in [0.25, 0.3) is 0 Å². The lowest BCUT2D eigenvalue weighted by Gasteiger charge is -2.11. The summed E-state index contributed by atoms with van der Waals surface area (Å²) >= 11 is 0. The Kier molecular flexibility index (Phi) is 1.58. The van der Waals surface area contributed by atoms with Gasteiger partial charge < -0.3 is 14.2 Å². The van der Waals surface area contributed by atoms with Gasteiger partial charge in [0.25, 0.3) is 5.95 Å². The van der Waals surface area contributed by atoms with Crippen LogP contribution in [-0.4, -0.2) is 19.9 Å². The number of esters is 1. The van der Waals surface area contributed by atoms with Gasteiger partial charge in [-0.25, -0.2) is 4.79 Å². The lowest BCUT2D eigenvalue weighted by molar-refractivity contribution is -0.157. The van der Waals surface area contributed by atoms with E-state index in [9.17, 15) is 4.79 Å². The van der Waals surface area contributed by atoms with E-state index in [4.69, 9.17) is 4.74 Å². The number of hydrogen-bond donors (Lipinski definition) is 0. The van der Waals surface area contributed by atoms with E-state index < -0.39 is 5.97 Å². The molecule has 4 nitrogen and oxygen atoms in total. The van der Waals surface area contributed by atoms with Crippen LogP contribution >= 0.6 is 0 Å². The van der Waals surface area contributed by atoms with Gasteiger partial charge in [0, 0.05) is 0 Å². The molecule has 0 amide bonds. The van der Waals surface area contributed by atoms with Crippen LogP contribution < -0.4 is 0 Å². The Labute approximate surface area is 52.0 Å². The fourth-order valence-electron chi connectivity index (χ4n) is 0.443. The second kappa shape index (κ2) is 2.39. The molecule has 0 aliphatic carbocycles. The highest BCUT2D eigenvalue weighted by Crippen LogP contribution is 2.03. The summed E-state index contributed by atoms with van der Waals surface area (Å²) in [7, 11) is 1.42. The number of rotatable bonds is 1. The Bertz CT molecular complexity index is 149. The van der Waals surface area contributed by atoms with E-state index >= 15 is 0 Å². The summed E-state index contributed by atoms with van der Waals surface area (Å²) in [4.78, 5) is 10.4. The Morgan fingerprint density at radius 3 is 2.89 bits per heavy atom. The molecular formula is C5H6O4. The molecule has 0 atom stereocenters. The third-order valence-corrected chi connectivity index (χ3v) is 0.839. The van der Waals surface area contributed by atoms with Gasteiger partial charge in [0.1, 0.15) is 6.08 Å². The zero-order valence-electron chi connectivity index (χ0n) is 4.92. The summed E-state index contributed by atoms with van der Waals surface area (Å²) in [5.41, 5.74) is 0. The molecule has 4 heteroatoms. The minimum Gasteiger partial charge on any atom is -0.468 e. The van der Waals surface area contributed by atoms with Crippen molar-refractivity contribution in [2.24, 2.45) is 0 Å². The molecule has 0 fully saturated rings. The highest BCUT2D eigenvalue weighted by Gasteiger charge is 2.10. The average Bonchev–Trinajstić information content (AvgIpc) is 1.88. The molecule has 1 heterocycles. The summed E-state index contributed by atoms with van der Waals surface area (Å²) in [6.45, 7) is -0.0570. The van der Waals surface area contributed by atoms with Crippen LogP contribution in [0.1, 0.15) is 0 Å². The number of methoxy groups -OCH3 is 1. The number of hydrogen-bond acceptors (Lipinski definition) is 4. The SMILES string of the molecule is COC1=CC(=O)OCO1. The number of carbonyl (C=O) groups is 1. The largest absolute Gasteiger partial charge is 0.468 e. The predicted molar refractivity (Wildman–Crippen MR) is 27.1 cm³/mol. The monoisotopic (exact) mass is 130 g/mol. The first kappa shape index (κ1) is 5.94. The summed E-state index contributed by atoms with van der Waals surface area (Å²) < 4.78 is 13.7. The van der Waals surface area contributed by atoms with Gasteiger partial charge in [-0.3, -0.25) is 0 Å². The van der Waals surface area contributed by atoms with Crippen molar-refractivity contribution in [3.63, 3.8) is 0 Å². The van der Waals surface area contributed by atoms with Crippen LogP contribution in [0, 0.1) is 0 Å². The fraction of sp³-hybridized carbons (Fsp3) is 0.400. The van der Waals surface area contributed by atoms with E-state index in [1.54, 1.807) is 0 Å². The van der Waals surface area contributed by atoms with E-state index in [1.807, 2.05) is 0 Å². The van der Waals surface area contributed by atoms with Gasteiger partial charge in [-0.2, -0.15) is 0 Å². The van der Waals surface area contributed by atoms with E-state index in [0.717, 1.165) is 6.08 Å². The van der Waals surface area contributed by atoms with Gasteiger partial charge in [-0.15, -0.1) is 0 Å². The van der Waals surface area contributed by atoms with Crippen LogP contribution in [0.2, 0.25) is 0 Å². The molecule has 0 N–H and O–H groups in total. The molecule has 1 rings (SSSR count). The van der Waals surface area contributed by atoms with Gasteiger partial charge in [-0.05, 0) is 0 Å². The molecule has 1 aliphatic heterocycles. The molecule has 0 aromatic rings. The Morgan fingerprint density at radius 1 is 1.67 bits per heavy atom. The van der Waals surface area contributed by atoms with Gasteiger partial charge >= 0.3 is 5.97 Å². The topological polar surface area (TPSA) is 44.8 Å². The molecule has 50 valence electrons. The lowest BCUT2D eigenvalue weighted by Crippen LogP contribution is -2.13. The highest BCUT2D eigenvalue weighted by atomic mass is 16.8. The Hall–Kier alpha value is -1.19. The van der Waals surface area contributed by atoms with Crippen molar-refractivity contribution in [2.45, 2.75) is 0 Å². The Morgan fingerprint density at radius 2 is 2.44 bits per heavy atom. The molecule has 0 bridgehead atoms. The lowest BCUT2D eigenvalue weighted by atomic mass is 10.6. The number of ether oxygens (including phenoxy) is 3. The van der Waals surface area contributed by atoms with E-state index in [0.29, 0.717) is 0 Å². The third-order valence-electron chi connectivity index (χ3n) is 0.839. The fourth-order valence-corrected chi connectivity index (χ4v) is 0.443. The van der Waals surface area contributed by atoms with Crippen molar-refractivity contribution < 1.29 is 19.0 Å². The maximum absolute atomic E-state index is 10.4. The minimum absolute atomic E-state index is 0.0570. The van der Waals surface area contributed by atoms with Gasteiger partial charge in [-0.1, -0.05) is 0 Å². The first-order valence-corrected chi connectivity index (χ1v) is 2.38. The quantitative estimate of drug-likeness (QED) is 0.469. The van der Waals surface area contributed by atoms with Crippen LogP contribution in [0.4, 0.5) is 0 Å². The van der Waals surface area contributed by atoms with Crippen molar-refractivity contribution in [2.75, 3.05) is 13.9 Å². The van der Waals surface area contributed by atoms with Crippen LogP contribution in [0.15, 0.2) is 12.0 Å². The summed E-state index contributed by atoms with van der Waals surface area (Å²) in [5, 5.41) is 0.